The van der Waals surface area contributed by atoms with Gasteiger partial charge in [0.05, 0.1) is 0 Å². The molecule has 56 valence electrons. The van der Waals surface area contributed by atoms with Crippen molar-refractivity contribution < 1.29 is 4.39 Å². The summed E-state index contributed by atoms with van der Waals surface area (Å²) in [6, 6.07) is 0. The zero-order valence-corrected chi connectivity index (χ0v) is 6.32. The Labute approximate surface area is 60.7 Å². The quantitative estimate of drug-likeness (QED) is 0.586. The summed E-state index contributed by atoms with van der Waals surface area (Å²) in [4.78, 5) is 0. The zero-order chi connectivity index (χ0) is 8.15. The van der Waals surface area contributed by atoms with Gasteiger partial charge in [0.25, 0.3) is 0 Å². The fraction of sp³-hybridized carbons (Fsp3) is 0.250. The topological polar surface area (TPSA) is 26.0 Å². The van der Waals surface area contributed by atoms with Gasteiger partial charge in [-0.25, -0.2) is 4.39 Å². The van der Waals surface area contributed by atoms with Gasteiger partial charge in [-0.15, -0.1) is 0 Å². The Bertz CT molecular complexity index is 189. The fourth-order valence-corrected chi connectivity index (χ4v) is 0.449. The molecule has 1 nitrogen and oxygen atoms in total. The largest absolute Gasteiger partial charge is 0.398 e. The normalized spacial score (nSPS) is 13.5. The van der Waals surface area contributed by atoms with Crippen LogP contribution in [-0.2, 0) is 0 Å². The molecule has 0 aliphatic carbocycles. The van der Waals surface area contributed by atoms with E-state index >= 15 is 0 Å². The second-order valence-electron chi connectivity index (χ2n) is 2.02. The molecule has 0 saturated heterocycles. The molecule has 0 rings (SSSR count). The summed E-state index contributed by atoms with van der Waals surface area (Å²) in [5.74, 6) is -0.515. The van der Waals surface area contributed by atoms with Crippen LogP contribution in [0.25, 0.3) is 0 Å². The Morgan fingerprint density at radius 3 is 2.40 bits per heavy atom. The van der Waals surface area contributed by atoms with Gasteiger partial charge >= 0.3 is 0 Å². The molecule has 0 aromatic heterocycles. The van der Waals surface area contributed by atoms with Gasteiger partial charge in [-0.05, 0) is 25.5 Å². The molecule has 0 amide bonds. The van der Waals surface area contributed by atoms with Crippen molar-refractivity contribution in [2.45, 2.75) is 13.8 Å². The highest BCUT2D eigenvalue weighted by Gasteiger charge is 1.91. The number of halogens is 1. The monoisotopic (exact) mass is 141 g/mol. The molecule has 0 atom stereocenters. The van der Waals surface area contributed by atoms with Crippen molar-refractivity contribution in [3.63, 3.8) is 0 Å². The predicted molar refractivity (Wildman–Crippen MR) is 41.9 cm³/mol. The van der Waals surface area contributed by atoms with E-state index < -0.39 is 5.83 Å². The molecule has 0 aromatic carbocycles. The Morgan fingerprint density at radius 1 is 1.60 bits per heavy atom. The van der Waals surface area contributed by atoms with Gasteiger partial charge in [0.1, 0.15) is 5.83 Å². The van der Waals surface area contributed by atoms with E-state index in [2.05, 4.69) is 6.58 Å². The molecule has 0 radical (unpaired) electrons. The van der Waals surface area contributed by atoms with Crippen LogP contribution in [0.2, 0.25) is 0 Å². The van der Waals surface area contributed by atoms with Gasteiger partial charge in [0.15, 0.2) is 0 Å². The summed E-state index contributed by atoms with van der Waals surface area (Å²) >= 11 is 0. The zero-order valence-electron chi connectivity index (χ0n) is 6.32. The Kier molecular flexibility index (Phi) is 3.47. The molecule has 0 aliphatic rings. The first-order valence-electron chi connectivity index (χ1n) is 3.02. The van der Waals surface area contributed by atoms with E-state index in [1.807, 2.05) is 19.9 Å². The summed E-state index contributed by atoms with van der Waals surface area (Å²) in [6.45, 7) is 6.72. The van der Waals surface area contributed by atoms with Crippen LogP contribution in [0.15, 0.2) is 35.8 Å². The lowest BCUT2D eigenvalue weighted by Crippen LogP contribution is -1.97. The Balaban J connectivity index is 4.35. The molecular formula is C8H12FN. The van der Waals surface area contributed by atoms with Crippen molar-refractivity contribution in [2.75, 3.05) is 0 Å². The highest BCUT2D eigenvalue weighted by Crippen LogP contribution is 2.05. The van der Waals surface area contributed by atoms with E-state index in [9.17, 15) is 4.39 Å². The van der Waals surface area contributed by atoms with E-state index in [0.717, 1.165) is 5.57 Å². The minimum absolute atomic E-state index is 0.426. The molecule has 0 aliphatic heterocycles. The van der Waals surface area contributed by atoms with Gasteiger partial charge in [0.2, 0.25) is 0 Å². The van der Waals surface area contributed by atoms with Crippen LogP contribution in [0.4, 0.5) is 4.39 Å². The average molecular weight is 141 g/mol. The Hall–Kier alpha value is -1.05. The molecule has 0 aromatic rings. The first kappa shape index (κ1) is 8.95. The fourth-order valence-electron chi connectivity index (χ4n) is 0.449. The SMILES string of the molecule is C=C(F)/C=C(N)\C(C)=C/C. The van der Waals surface area contributed by atoms with Crippen LogP contribution in [0, 0.1) is 0 Å². The third-order valence-corrected chi connectivity index (χ3v) is 1.20. The van der Waals surface area contributed by atoms with Crippen LogP contribution in [0.5, 0.6) is 0 Å². The molecule has 0 bridgehead atoms. The molecule has 2 N–H and O–H groups in total. The van der Waals surface area contributed by atoms with Crippen LogP contribution >= 0.6 is 0 Å². The molecule has 0 saturated carbocycles. The highest BCUT2D eigenvalue weighted by atomic mass is 19.1. The van der Waals surface area contributed by atoms with E-state index in [4.69, 9.17) is 5.73 Å². The maximum Gasteiger partial charge on any atom is 0.118 e. The average Bonchev–Trinajstić information content (AvgIpc) is 1.85. The van der Waals surface area contributed by atoms with E-state index in [0.29, 0.717) is 5.70 Å². The molecular weight excluding hydrogens is 129 g/mol. The molecule has 0 spiro atoms. The highest BCUT2D eigenvalue weighted by molar-refractivity contribution is 5.29. The third-order valence-electron chi connectivity index (χ3n) is 1.20. The van der Waals surface area contributed by atoms with Gasteiger partial charge in [-0.2, -0.15) is 0 Å². The minimum Gasteiger partial charge on any atom is -0.398 e. The number of hydrogen-bond donors (Lipinski definition) is 1. The van der Waals surface area contributed by atoms with Gasteiger partial charge in [-0.3, -0.25) is 0 Å². The molecule has 0 unspecified atom stereocenters. The first-order valence-corrected chi connectivity index (χ1v) is 3.02. The number of allylic oxidation sites excluding steroid dienone is 4. The number of rotatable bonds is 2. The summed E-state index contributed by atoms with van der Waals surface area (Å²) < 4.78 is 12.1. The number of hydrogen-bond acceptors (Lipinski definition) is 1. The lowest BCUT2D eigenvalue weighted by molar-refractivity contribution is 0.669. The predicted octanol–water partition coefficient (Wildman–Crippen LogP) is 2.28. The maximum atomic E-state index is 12.1. The van der Waals surface area contributed by atoms with E-state index in [1.165, 1.54) is 6.08 Å². The summed E-state index contributed by atoms with van der Waals surface area (Å²) in [7, 11) is 0. The summed E-state index contributed by atoms with van der Waals surface area (Å²) in [6.07, 6.45) is 3.02. The van der Waals surface area contributed by atoms with Crippen molar-refractivity contribution in [3.05, 3.63) is 35.8 Å². The van der Waals surface area contributed by atoms with Crippen LogP contribution in [-0.4, -0.2) is 0 Å². The minimum atomic E-state index is -0.515. The summed E-state index contributed by atoms with van der Waals surface area (Å²) in [5, 5.41) is 0. The van der Waals surface area contributed by atoms with Crippen molar-refractivity contribution in [3.8, 4) is 0 Å². The molecule has 10 heavy (non-hydrogen) atoms. The Morgan fingerprint density at radius 2 is 2.10 bits per heavy atom. The smallest absolute Gasteiger partial charge is 0.118 e. The van der Waals surface area contributed by atoms with Gasteiger partial charge in [-0.1, -0.05) is 12.7 Å². The second-order valence-corrected chi connectivity index (χ2v) is 2.02. The third kappa shape index (κ3) is 3.07. The van der Waals surface area contributed by atoms with Crippen LogP contribution in [0.3, 0.4) is 0 Å². The van der Waals surface area contributed by atoms with Crippen molar-refractivity contribution >= 4 is 0 Å². The lowest BCUT2D eigenvalue weighted by Gasteiger charge is -1.97. The van der Waals surface area contributed by atoms with Gasteiger partial charge < -0.3 is 5.73 Å². The van der Waals surface area contributed by atoms with Gasteiger partial charge in [0, 0.05) is 5.70 Å². The van der Waals surface area contributed by atoms with Crippen LogP contribution < -0.4 is 5.73 Å². The molecule has 0 heterocycles. The standard InChI is InChI=1S/C8H12FN/c1-4-6(2)8(10)5-7(3)9/h4-5H,3,10H2,1-2H3/b6-4-,8-5+. The van der Waals surface area contributed by atoms with Crippen LogP contribution in [0.1, 0.15) is 13.8 Å². The van der Waals surface area contributed by atoms with Crippen molar-refractivity contribution in [1.29, 1.82) is 0 Å². The maximum absolute atomic E-state index is 12.1. The molecule has 2 heteroatoms. The lowest BCUT2D eigenvalue weighted by atomic mass is 10.2. The van der Waals surface area contributed by atoms with E-state index in [-0.39, 0.29) is 0 Å². The summed E-state index contributed by atoms with van der Waals surface area (Å²) in [5.41, 5.74) is 6.71. The van der Waals surface area contributed by atoms with E-state index in [1.54, 1.807) is 0 Å². The van der Waals surface area contributed by atoms with Crippen molar-refractivity contribution in [2.24, 2.45) is 5.73 Å². The first-order chi connectivity index (χ1) is 4.57. The number of nitrogens with two attached hydrogens (primary N) is 1. The molecule has 0 fully saturated rings. The van der Waals surface area contributed by atoms with Crippen molar-refractivity contribution in [1.82, 2.24) is 0 Å². The second kappa shape index (κ2) is 3.88.